The molecule has 0 bridgehead atoms. The Morgan fingerprint density at radius 2 is 1.51 bits per heavy atom. The molecular formula is C38H39F3N6O7S. The van der Waals surface area contributed by atoms with Crippen LogP contribution in [-0.4, -0.2) is 81.0 Å². The molecule has 1 saturated heterocycles. The zero-order valence-electron chi connectivity index (χ0n) is 30.7. The number of hydrogen-bond acceptors (Lipinski definition) is 11. The number of fused-ring (bicyclic) bond motifs is 1. The Morgan fingerprint density at radius 1 is 0.873 bits per heavy atom. The average Bonchev–Trinajstić information content (AvgIpc) is 3.18. The number of carbonyl (C=O) groups excluding carboxylic acids is 1. The fourth-order valence-electron chi connectivity index (χ4n) is 6.19. The van der Waals surface area contributed by atoms with E-state index in [4.69, 9.17) is 18.9 Å². The highest BCUT2D eigenvalue weighted by Crippen LogP contribution is 2.36. The van der Waals surface area contributed by atoms with E-state index in [1.165, 1.54) is 69.0 Å². The highest BCUT2D eigenvalue weighted by Gasteiger charge is 2.42. The number of amides is 1. The fourth-order valence-corrected chi connectivity index (χ4v) is 7.54. The van der Waals surface area contributed by atoms with Crippen molar-refractivity contribution >= 4 is 38.5 Å². The van der Waals surface area contributed by atoms with Crippen molar-refractivity contribution in [1.29, 1.82) is 0 Å². The van der Waals surface area contributed by atoms with Crippen LogP contribution in [0.15, 0.2) is 78.0 Å². The smallest absolute Gasteiger partial charge is 0.278 e. The van der Waals surface area contributed by atoms with Crippen molar-refractivity contribution in [3.05, 3.63) is 95.6 Å². The monoisotopic (exact) mass is 780 g/mol. The Labute approximate surface area is 316 Å². The number of piperidine rings is 1. The van der Waals surface area contributed by atoms with E-state index in [9.17, 15) is 26.4 Å². The highest BCUT2D eigenvalue weighted by molar-refractivity contribution is 7.89. The number of aromatic nitrogens is 3. The number of benzene rings is 3. The number of halogens is 3. The molecule has 1 unspecified atom stereocenters. The summed E-state index contributed by atoms with van der Waals surface area (Å²) in [6.45, 7) is 0.824. The number of anilines is 2. The van der Waals surface area contributed by atoms with Gasteiger partial charge in [-0.15, -0.1) is 0 Å². The van der Waals surface area contributed by atoms with E-state index in [0.29, 0.717) is 34.1 Å². The summed E-state index contributed by atoms with van der Waals surface area (Å²) in [5.41, 5.74) is 1.22. The van der Waals surface area contributed by atoms with E-state index in [-0.39, 0.29) is 54.4 Å². The molecule has 1 atom stereocenters. The summed E-state index contributed by atoms with van der Waals surface area (Å²) in [7, 11) is 1.50. The Bertz CT molecular complexity index is 2270. The number of rotatable bonds is 13. The molecule has 1 aliphatic rings. The third-order valence-corrected chi connectivity index (χ3v) is 11.0. The van der Waals surface area contributed by atoms with Crippen LogP contribution in [0.2, 0.25) is 0 Å². The standard InChI is InChI=1S/C38H39F3N6O7S/c1-23-20-46(15-13-38(23,40)41)36-35(44-30-11-8-26(39)16-31(30)45-36)37(48)43-27-12-14-42-34(17-27)55(49,50)47(21-24-6-9-28(51-2)18-32(24)53-4)22-25-7-10-29(52-3)19-33(25)54-5/h6-12,14,16-19,23H,13,15,20-22H2,1-5H3,(H,42,43,48). The second kappa shape index (κ2) is 16.0. The van der Waals surface area contributed by atoms with E-state index in [1.54, 1.807) is 36.4 Å². The molecular weight excluding hydrogens is 742 g/mol. The molecule has 290 valence electrons. The molecule has 17 heteroatoms. The van der Waals surface area contributed by atoms with Crippen LogP contribution < -0.4 is 29.2 Å². The first-order chi connectivity index (χ1) is 26.3. The average molecular weight is 781 g/mol. The third-order valence-electron chi connectivity index (χ3n) is 9.33. The minimum atomic E-state index is -4.42. The number of hydrogen-bond donors (Lipinski definition) is 1. The number of ether oxygens (including phenoxy) is 4. The van der Waals surface area contributed by atoms with E-state index >= 15 is 0 Å². The van der Waals surface area contributed by atoms with Crippen molar-refractivity contribution in [1.82, 2.24) is 19.3 Å². The molecule has 1 N–H and O–H groups in total. The molecule has 0 spiro atoms. The minimum Gasteiger partial charge on any atom is -0.497 e. The lowest BCUT2D eigenvalue weighted by atomic mass is 9.95. The topological polar surface area (TPSA) is 145 Å². The van der Waals surface area contributed by atoms with Crippen molar-refractivity contribution in [2.75, 3.05) is 51.7 Å². The Kier molecular flexibility index (Phi) is 11.3. The molecule has 6 rings (SSSR count). The molecule has 55 heavy (non-hydrogen) atoms. The fraction of sp³-hybridized carbons (Fsp3) is 0.316. The molecule has 1 fully saturated rings. The second-order valence-electron chi connectivity index (χ2n) is 12.9. The van der Waals surface area contributed by atoms with Crippen LogP contribution in [0, 0.1) is 11.7 Å². The Morgan fingerprint density at radius 3 is 2.09 bits per heavy atom. The SMILES string of the molecule is COc1ccc(CN(Cc2ccc(OC)cc2OC)S(=O)(=O)c2cc(NC(=O)c3nc4ccc(F)cc4nc3N3CCC(F)(F)C(C)C3)ccn2)c(OC)c1. The zero-order chi connectivity index (χ0) is 39.5. The first-order valence-corrected chi connectivity index (χ1v) is 18.5. The maximum absolute atomic E-state index is 14.5. The number of alkyl halides is 2. The van der Waals surface area contributed by atoms with Gasteiger partial charge in [0, 0.05) is 85.8 Å². The normalized spacial score (nSPS) is 15.5. The van der Waals surface area contributed by atoms with Crippen molar-refractivity contribution in [2.24, 2.45) is 5.92 Å². The van der Waals surface area contributed by atoms with Crippen LogP contribution in [-0.2, 0) is 23.1 Å². The van der Waals surface area contributed by atoms with E-state index in [1.807, 2.05) is 0 Å². The molecule has 5 aromatic rings. The number of pyridine rings is 1. The molecule has 3 heterocycles. The van der Waals surface area contributed by atoms with Crippen LogP contribution in [0.5, 0.6) is 23.0 Å². The van der Waals surface area contributed by atoms with Crippen molar-refractivity contribution in [3.8, 4) is 23.0 Å². The van der Waals surface area contributed by atoms with Gasteiger partial charge in [-0.3, -0.25) is 4.79 Å². The molecule has 1 aliphatic heterocycles. The number of nitrogens with one attached hydrogen (secondary N) is 1. The van der Waals surface area contributed by atoms with Gasteiger partial charge in [0.2, 0.25) is 0 Å². The van der Waals surface area contributed by atoms with Gasteiger partial charge in [-0.05, 0) is 30.3 Å². The van der Waals surface area contributed by atoms with Gasteiger partial charge in [-0.25, -0.2) is 36.5 Å². The quantitative estimate of drug-likeness (QED) is 0.143. The summed E-state index contributed by atoms with van der Waals surface area (Å²) >= 11 is 0. The second-order valence-corrected chi connectivity index (χ2v) is 14.7. The van der Waals surface area contributed by atoms with Crippen LogP contribution in [0.3, 0.4) is 0 Å². The minimum absolute atomic E-state index is 0.00657. The van der Waals surface area contributed by atoms with Gasteiger partial charge >= 0.3 is 0 Å². The van der Waals surface area contributed by atoms with Crippen LogP contribution in [0.4, 0.5) is 24.7 Å². The predicted octanol–water partition coefficient (Wildman–Crippen LogP) is 6.32. The number of sulfonamides is 1. The van der Waals surface area contributed by atoms with E-state index in [2.05, 4.69) is 20.3 Å². The lowest BCUT2D eigenvalue weighted by molar-refractivity contribution is -0.0652. The largest absolute Gasteiger partial charge is 0.497 e. The third kappa shape index (κ3) is 8.37. The van der Waals surface area contributed by atoms with Gasteiger partial charge in [-0.1, -0.05) is 19.1 Å². The lowest BCUT2D eigenvalue weighted by Crippen LogP contribution is -2.46. The Hall–Kier alpha value is -5.68. The van der Waals surface area contributed by atoms with Gasteiger partial charge in [0.1, 0.15) is 28.8 Å². The van der Waals surface area contributed by atoms with Gasteiger partial charge in [0.05, 0.1) is 39.5 Å². The maximum Gasteiger partial charge on any atom is 0.278 e. The lowest BCUT2D eigenvalue weighted by Gasteiger charge is -2.37. The van der Waals surface area contributed by atoms with Gasteiger partial charge < -0.3 is 29.2 Å². The van der Waals surface area contributed by atoms with E-state index < -0.39 is 45.0 Å². The van der Waals surface area contributed by atoms with Crippen LogP contribution in [0.1, 0.15) is 35.0 Å². The molecule has 0 radical (unpaired) electrons. The predicted molar refractivity (Wildman–Crippen MR) is 198 cm³/mol. The number of nitrogens with zero attached hydrogens (tertiary/aromatic N) is 5. The van der Waals surface area contributed by atoms with Crippen LogP contribution >= 0.6 is 0 Å². The van der Waals surface area contributed by atoms with Crippen LogP contribution in [0.25, 0.3) is 11.0 Å². The van der Waals surface area contributed by atoms with Gasteiger partial charge in [0.15, 0.2) is 16.5 Å². The van der Waals surface area contributed by atoms with Gasteiger partial charge in [0.25, 0.3) is 21.9 Å². The van der Waals surface area contributed by atoms with Gasteiger partial charge in [-0.2, -0.15) is 4.31 Å². The summed E-state index contributed by atoms with van der Waals surface area (Å²) in [6.07, 6.45) is 0.748. The summed E-state index contributed by atoms with van der Waals surface area (Å²) < 4.78 is 95.0. The number of methoxy groups -OCH3 is 4. The molecule has 1 amide bonds. The summed E-state index contributed by atoms with van der Waals surface area (Å²) in [4.78, 5) is 28.5. The molecule has 2 aromatic heterocycles. The molecule has 13 nitrogen and oxygen atoms in total. The summed E-state index contributed by atoms with van der Waals surface area (Å²) in [5.74, 6) is -3.57. The first-order valence-electron chi connectivity index (χ1n) is 17.1. The van der Waals surface area contributed by atoms with Crippen molar-refractivity contribution < 1.29 is 45.3 Å². The number of carbonyl (C=O) groups is 1. The van der Waals surface area contributed by atoms with Crippen molar-refractivity contribution in [2.45, 2.75) is 37.4 Å². The zero-order valence-corrected chi connectivity index (χ0v) is 31.5. The summed E-state index contributed by atoms with van der Waals surface area (Å²) in [6, 6.07) is 16.3. The maximum atomic E-state index is 14.5. The first kappa shape index (κ1) is 39.0. The molecule has 3 aromatic carbocycles. The van der Waals surface area contributed by atoms with Crippen molar-refractivity contribution in [3.63, 3.8) is 0 Å². The highest BCUT2D eigenvalue weighted by atomic mass is 32.2. The summed E-state index contributed by atoms with van der Waals surface area (Å²) in [5, 5.41) is 2.28. The molecule has 0 aliphatic carbocycles. The molecule has 0 saturated carbocycles. The van der Waals surface area contributed by atoms with E-state index in [0.717, 1.165) is 12.1 Å². The Balaban J connectivity index is 1.35.